The highest BCUT2D eigenvalue weighted by molar-refractivity contribution is 6.06. The molecule has 0 spiro atoms. The maximum Gasteiger partial charge on any atom is 0.490 e. The van der Waals surface area contributed by atoms with E-state index in [9.17, 15) is 36.6 Å². The van der Waals surface area contributed by atoms with E-state index in [4.69, 9.17) is 9.90 Å². The Morgan fingerprint density at radius 3 is 1.77 bits per heavy atom. The van der Waals surface area contributed by atoms with Crippen molar-refractivity contribution in [3.05, 3.63) is 89.5 Å². The van der Waals surface area contributed by atoms with Crippen LogP contribution in [0.3, 0.4) is 0 Å². The van der Waals surface area contributed by atoms with Crippen LogP contribution in [0.1, 0.15) is 20.7 Å². The first-order valence-corrected chi connectivity index (χ1v) is 11.4. The van der Waals surface area contributed by atoms with Crippen LogP contribution in [0.2, 0.25) is 0 Å². The van der Waals surface area contributed by atoms with E-state index < -0.39 is 29.8 Å². The molecule has 13 heteroatoms. The molecule has 1 fully saturated rings. The lowest BCUT2D eigenvalue weighted by Crippen LogP contribution is -2.47. The van der Waals surface area contributed by atoms with E-state index in [0.29, 0.717) is 43.2 Å². The standard InChI is InChI=1S/C24H21F2N3O3.C2HF3O2/c25-18-8-5-16(6-9-18)23(30)27-20-15-17(24(31)32)7-10-22(20)29-13-11-28(12-14-29)21-4-2-1-3-19(21)26;3-2(4,5)1(6)7/h1-10,15H,11-14H2,(H,27,30)(H,31,32);(H,6,7). The molecule has 206 valence electrons. The summed E-state index contributed by atoms with van der Waals surface area (Å²) in [6.45, 7) is 2.24. The molecule has 8 nitrogen and oxygen atoms in total. The third kappa shape index (κ3) is 7.66. The number of aliphatic carboxylic acids is 1. The fourth-order valence-electron chi connectivity index (χ4n) is 3.74. The molecule has 0 bridgehead atoms. The molecular formula is C26H22F5N3O5. The molecule has 0 atom stereocenters. The third-order valence-electron chi connectivity index (χ3n) is 5.65. The Hall–Kier alpha value is -4.68. The zero-order valence-corrected chi connectivity index (χ0v) is 20.1. The highest BCUT2D eigenvalue weighted by Gasteiger charge is 2.38. The molecule has 4 rings (SSSR count). The van der Waals surface area contributed by atoms with Gasteiger partial charge in [-0.3, -0.25) is 4.79 Å². The first-order chi connectivity index (χ1) is 18.4. The topological polar surface area (TPSA) is 110 Å². The van der Waals surface area contributed by atoms with Crippen LogP contribution in [0.25, 0.3) is 0 Å². The van der Waals surface area contributed by atoms with Gasteiger partial charge in [0.2, 0.25) is 0 Å². The fraction of sp³-hybridized carbons (Fsp3) is 0.192. The Balaban J connectivity index is 0.000000532. The van der Waals surface area contributed by atoms with E-state index in [1.807, 2.05) is 9.80 Å². The number of carbonyl (C=O) groups is 3. The maximum atomic E-state index is 14.1. The number of nitrogens with one attached hydrogen (secondary N) is 1. The number of hydrogen-bond acceptors (Lipinski definition) is 5. The normalized spacial score (nSPS) is 13.3. The van der Waals surface area contributed by atoms with E-state index in [2.05, 4.69) is 5.32 Å². The predicted octanol–water partition coefficient (Wildman–Crippen LogP) is 4.88. The lowest BCUT2D eigenvalue weighted by Gasteiger charge is -2.38. The van der Waals surface area contributed by atoms with Gasteiger partial charge in [-0.1, -0.05) is 12.1 Å². The average Bonchev–Trinajstić information content (AvgIpc) is 2.89. The molecule has 1 saturated heterocycles. The lowest BCUT2D eigenvalue weighted by molar-refractivity contribution is -0.192. The van der Waals surface area contributed by atoms with Crippen molar-refractivity contribution in [3.63, 3.8) is 0 Å². The quantitative estimate of drug-likeness (QED) is 0.388. The van der Waals surface area contributed by atoms with Crippen LogP contribution in [-0.2, 0) is 4.79 Å². The van der Waals surface area contributed by atoms with Crippen molar-refractivity contribution >= 4 is 34.9 Å². The first-order valence-electron chi connectivity index (χ1n) is 11.4. The number of anilines is 3. The predicted molar refractivity (Wildman–Crippen MR) is 132 cm³/mol. The number of alkyl halides is 3. The molecule has 1 heterocycles. The molecular weight excluding hydrogens is 529 g/mol. The minimum Gasteiger partial charge on any atom is -0.478 e. The van der Waals surface area contributed by atoms with Gasteiger partial charge in [0.15, 0.2) is 0 Å². The van der Waals surface area contributed by atoms with Gasteiger partial charge in [0.25, 0.3) is 5.91 Å². The number of nitrogens with zero attached hydrogens (tertiary/aromatic N) is 2. The summed E-state index contributed by atoms with van der Waals surface area (Å²) in [4.78, 5) is 37.0. The van der Waals surface area contributed by atoms with E-state index in [-0.39, 0.29) is 16.9 Å². The Kier molecular flexibility index (Phi) is 9.07. The average molecular weight is 551 g/mol. The molecule has 0 aromatic heterocycles. The summed E-state index contributed by atoms with van der Waals surface area (Å²) in [6, 6.07) is 16.2. The number of rotatable bonds is 5. The number of para-hydroxylation sites is 1. The van der Waals surface area contributed by atoms with E-state index in [1.54, 1.807) is 24.3 Å². The van der Waals surface area contributed by atoms with E-state index in [1.165, 1.54) is 42.5 Å². The van der Waals surface area contributed by atoms with Crippen molar-refractivity contribution in [1.29, 1.82) is 0 Å². The summed E-state index contributed by atoms with van der Waals surface area (Å²) < 4.78 is 59.0. The Morgan fingerprint density at radius 2 is 1.26 bits per heavy atom. The number of benzene rings is 3. The largest absolute Gasteiger partial charge is 0.490 e. The highest BCUT2D eigenvalue weighted by Crippen LogP contribution is 2.30. The van der Waals surface area contributed by atoms with Crippen LogP contribution in [-0.4, -0.2) is 60.4 Å². The summed E-state index contributed by atoms with van der Waals surface area (Å²) in [7, 11) is 0. The Bertz CT molecular complexity index is 1340. The molecule has 0 saturated carbocycles. The number of amides is 1. The van der Waals surface area contributed by atoms with Crippen LogP contribution in [0.4, 0.5) is 39.0 Å². The van der Waals surface area contributed by atoms with E-state index >= 15 is 0 Å². The first kappa shape index (κ1) is 28.9. The SMILES string of the molecule is O=C(O)C(F)(F)F.O=C(O)c1ccc(N2CCN(c3ccccc3F)CC2)c(NC(=O)c2ccc(F)cc2)c1. The molecule has 0 radical (unpaired) electrons. The van der Waals surface area contributed by atoms with Crippen LogP contribution >= 0.6 is 0 Å². The summed E-state index contributed by atoms with van der Waals surface area (Å²) >= 11 is 0. The molecule has 1 amide bonds. The minimum absolute atomic E-state index is 0.0353. The van der Waals surface area contributed by atoms with Gasteiger partial charge in [-0.2, -0.15) is 13.2 Å². The zero-order chi connectivity index (χ0) is 28.7. The summed E-state index contributed by atoms with van der Waals surface area (Å²) in [5.41, 5.74) is 1.84. The molecule has 1 aliphatic rings. The lowest BCUT2D eigenvalue weighted by atomic mass is 10.1. The van der Waals surface area contributed by atoms with Gasteiger partial charge in [-0.05, 0) is 54.6 Å². The molecule has 3 N–H and O–H groups in total. The maximum absolute atomic E-state index is 14.1. The minimum atomic E-state index is -5.08. The highest BCUT2D eigenvalue weighted by atomic mass is 19.4. The van der Waals surface area contributed by atoms with Crippen molar-refractivity contribution in [2.45, 2.75) is 6.18 Å². The number of carbonyl (C=O) groups excluding carboxylic acids is 1. The van der Waals surface area contributed by atoms with Gasteiger partial charge < -0.3 is 25.3 Å². The van der Waals surface area contributed by atoms with Crippen LogP contribution in [0, 0.1) is 11.6 Å². The second kappa shape index (κ2) is 12.2. The van der Waals surface area contributed by atoms with Gasteiger partial charge in [-0.15, -0.1) is 0 Å². The number of halogens is 5. The Labute approximate surface area is 218 Å². The van der Waals surface area contributed by atoms with Crippen molar-refractivity contribution in [2.75, 3.05) is 41.3 Å². The molecule has 1 aliphatic heterocycles. The Morgan fingerprint density at radius 1 is 0.744 bits per heavy atom. The number of hydrogen-bond donors (Lipinski definition) is 3. The molecule has 39 heavy (non-hydrogen) atoms. The number of carboxylic acids is 2. The van der Waals surface area contributed by atoms with Crippen molar-refractivity contribution in [1.82, 2.24) is 0 Å². The van der Waals surface area contributed by atoms with Crippen molar-refractivity contribution in [2.24, 2.45) is 0 Å². The number of carboxylic acid groups (broad SMARTS) is 2. The molecule has 0 unspecified atom stereocenters. The second-order valence-electron chi connectivity index (χ2n) is 8.23. The fourth-order valence-corrected chi connectivity index (χ4v) is 3.74. The second-order valence-corrected chi connectivity index (χ2v) is 8.23. The van der Waals surface area contributed by atoms with Gasteiger partial charge in [-0.25, -0.2) is 18.4 Å². The monoisotopic (exact) mass is 551 g/mol. The summed E-state index contributed by atoms with van der Waals surface area (Å²) in [5.74, 6) is -5.08. The third-order valence-corrected chi connectivity index (χ3v) is 5.65. The van der Waals surface area contributed by atoms with Crippen LogP contribution in [0.5, 0.6) is 0 Å². The smallest absolute Gasteiger partial charge is 0.478 e. The summed E-state index contributed by atoms with van der Waals surface area (Å²) in [6.07, 6.45) is -5.08. The molecule has 3 aromatic rings. The van der Waals surface area contributed by atoms with Gasteiger partial charge >= 0.3 is 18.1 Å². The van der Waals surface area contributed by atoms with Crippen LogP contribution < -0.4 is 15.1 Å². The van der Waals surface area contributed by atoms with Crippen LogP contribution in [0.15, 0.2) is 66.7 Å². The molecule has 3 aromatic carbocycles. The van der Waals surface area contributed by atoms with Gasteiger partial charge in [0, 0.05) is 31.7 Å². The number of piperazine rings is 1. The summed E-state index contributed by atoms with van der Waals surface area (Å²) in [5, 5.41) is 19.2. The molecule has 0 aliphatic carbocycles. The van der Waals surface area contributed by atoms with Gasteiger partial charge in [0.1, 0.15) is 11.6 Å². The van der Waals surface area contributed by atoms with Crippen molar-refractivity contribution < 1.29 is 46.5 Å². The van der Waals surface area contributed by atoms with Crippen molar-refractivity contribution in [3.8, 4) is 0 Å². The van der Waals surface area contributed by atoms with E-state index in [0.717, 1.165) is 0 Å². The zero-order valence-electron chi connectivity index (χ0n) is 20.1. The number of aromatic carboxylic acids is 1. The van der Waals surface area contributed by atoms with Gasteiger partial charge in [0.05, 0.1) is 22.6 Å².